The summed E-state index contributed by atoms with van der Waals surface area (Å²) in [4.78, 5) is 15.7. The molecular formula is C30H32N4O4S. The minimum absolute atomic E-state index is 0.00380. The van der Waals surface area contributed by atoms with Gasteiger partial charge in [-0.3, -0.25) is 9.89 Å². The van der Waals surface area contributed by atoms with Gasteiger partial charge in [-0.25, -0.2) is 4.98 Å². The highest BCUT2D eigenvalue weighted by Gasteiger charge is 2.38. The molecule has 8 nitrogen and oxygen atoms in total. The Bertz CT molecular complexity index is 1360. The quantitative estimate of drug-likeness (QED) is 0.249. The highest BCUT2D eigenvalue weighted by molar-refractivity contribution is 7.99. The number of aliphatic hydroxyl groups excluding tert-OH is 1. The van der Waals surface area contributed by atoms with Crippen LogP contribution in [0.2, 0.25) is 0 Å². The lowest BCUT2D eigenvalue weighted by molar-refractivity contribution is -0.268. The van der Waals surface area contributed by atoms with Gasteiger partial charge in [-0.2, -0.15) is 5.10 Å². The molecule has 4 aromatic rings. The first-order valence-corrected chi connectivity index (χ1v) is 13.9. The third kappa shape index (κ3) is 6.57. The van der Waals surface area contributed by atoms with E-state index < -0.39 is 6.29 Å². The molecule has 0 aliphatic carbocycles. The number of aromatic amines is 1. The second kappa shape index (κ2) is 12.6. The predicted molar refractivity (Wildman–Crippen MR) is 149 cm³/mol. The average molecular weight is 545 g/mol. The molecule has 5 rings (SSSR count). The molecule has 1 fully saturated rings. The first kappa shape index (κ1) is 27.1. The molecule has 1 aromatic heterocycles. The number of benzene rings is 3. The maximum atomic E-state index is 11.4. The lowest BCUT2D eigenvalue weighted by Crippen LogP contribution is -2.38. The molecule has 4 atom stereocenters. The Hall–Kier alpha value is -3.50. The number of ether oxygens (including phenoxy) is 2. The molecule has 0 bridgehead atoms. The molecule has 0 saturated carbocycles. The van der Waals surface area contributed by atoms with E-state index in [2.05, 4.69) is 45.6 Å². The molecule has 2 heterocycles. The number of rotatable bonds is 9. The molecule has 1 aliphatic heterocycles. The molecule has 0 radical (unpaired) electrons. The van der Waals surface area contributed by atoms with E-state index in [1.807, 2.05) is 54.6 Å². The summed E-state index contributed by atoms with van der Waals surface area (Å²) in [5.74, 6) is 0.713. The lowest BCUT2D eigenvalue weighted by atomic mass is 9.91. The first-order valence-electron chi connectivity index (χ1n) is 12.9. The van der Waals surface area contributed by atoms with Crippen LogP contribution in [0.5, 0.6) is 0 Å². The van der Waals surface area contributed by atoms with E-state index in [1.165, 1.54) is 13.3 Å². The number of amides is 1. The van der Waals surface area contributed by atoms with Crippen LogP contribution in [-0.2, 0) is 27.4 Å². The summed E-state index contributed by atoms with van der Waals surface area (Å²) in [6.45, 7) is 4.14. The summed E-state index contributed by atoms with van der Waals surface area (Å²) in [7, 11) is 0. The van der Waals surface area contributed by atoms with Crippen molar-refractivity contribution in [3.05, 3.63) is 101 Å². The zero-order valence-corrected chi connectivity index (χ0v) is 22.7. The summed E-state index contributed by atoms with van der Waals surface area (Å²) in [5.41, 5.74) is 6.01. The zero-order valence-electron chi connectivity index (χ0n) is 21.9. The van der Waals surface area contributed by atoms with E-state index in [0.717, 1.165) is 38.5 Å². The second-order valence-corrected chi connectivity index (χ2v) is 10.6. The molecule has 3 aromatic carbocycles. The zero-order chi connectivity index (χ0) is 27.2. The second-order valence-electron chi connectivity index (χ2n) is 9.61. The van der Waals surface area contributed by atoms with Crippen LogP contribution >= 0.6 is 11.8 Å². The summed E-state index contributed by atoms with van der Waals surface area (Å²) in [6, 6.07) is 24.2. The van der Waals surface area contributed by atoms with Crippen LogP contribution in [-0.4, -0.2) is 38.1 Å². The molecular weight excluding hydrogens is 512 g/mol. The normalized spacial score (nSPS) is 21.0. The Morgan fingerprint density at radius 3 is 2.46 bits per heavy atom. The largest absolute Gasteiger partial charge is 0.392 e. The number of nitrogens with one attached hydrogen (secondary N) is 2. The van der Waals surface area contributed by atoms with Gasteiger partial charge in [0.15, 0.2) is 11.4 Å². The summed E-state index contributed by atoms with van der Waals surface area (Å²) >= 11 is 1.57. The Labute approximate surface area is 232 Å². The van der Waals surface area contributed by atoms with Crippen molar-refractivity contribution in [2.24, 2.45) is 5.92 Å². The Morgan fingerprint density at radius 1 is 1.03 bits per heavy atom. The van der Waals surface area contributed by atoms with E-state index in [9.17, 15) is 9.90 Å². The maximum absolute atomic E-state index is 11.4. The number of thioether (sulfide) groups is 1. The maximum Gasteiger partial charge on any atom is 0.217 e. The van der Waals surface area contributed by atoms with Crippen LogP contribution in [0.25, 0.3) is 11.1 Å². The minimum atomic E-state index is -0.548. The number of hydrogen-bond acceptors (Lipinski definition) is 7. The number of carbonyl (C=O) groups excluding carboxylic acids is 1. The van der Waals surface area contributed by atoms with Crippen molar-refractivity contribution < 1.29 is 19.4 Å². The number of hydrogen-bond donors (Lipinski definition) is 3. The molecule has 1 amide bonds. The fourth-order valence-corrected chi connectivity index (χ4v) is 5.67. The monoisotopic (exact) mass is 544 g/mol. The Morgan fingerprint density at radius 2 is 1.77 bits per heavy atom. The van der Waals surface area contributed by atoms with Crippen LogP contribution < -0.4 is 5.32 Å². The van der Waals surface area contributed by atoms with Crippen LogP contribution in [0.4, 0.5) is 0 Å². The van der Waals surface area contributed by atoms with Crippen LogP contribution in [0.1, 0.15) is 48.5 Å². The molecule has 39 heavy (non-hydrogen) atoms. The molecule has 1 aliphatic rings. The molecule has 1 saturated heterocycles. The summed E-state index contributed by atoms with van der Waals surface area (Å²) < 4.78 is 13.1. The number of H-pyrrole nitrogens is 1. The van der Waals surface area contributed by atoms with Crippen molar-refractivity contribution in [1.29, 1.82) is 0 Å². The SMILES string of the molecule is CC(=O)NCc1ccccc1-c1ccc([C@@H]2O[C@H](CSc3ncn[nH]3)[C@H](C)[C@H](c3ccc(CO)cc3)O2)cc1. The predicted octanol–water partition coefficient (Wildman–Crippen LogP) is 5.18. The van der Waals surface area contributed by atoms with Gasteiger partial charge in [-0.15, -0.1) is 0 Å². The fraction of sp³-hybridized carbons (Fsp3) is 0.300. The third-order valence-electron chi connectivity index (χ3n) is 6.94. The van der Waals surface area contributed by atoms with Crippen molar-refractivity contribution in [3.63, 3.8) is 0 Å². The van der Waals surface area contributed by atoms with Gasteiger partial charge in [-0.1, -0.05) is 91.5 Å². The van der Waals surface area contributed by atoms with Gasteiger partial charge in [0.25, 0.3) is 0 Å². The molecule has 0 unspecified atom stereocenters. The lowest BCUT2D eigenvalue weighted by Gasteiger charge is -2.41. The Kier molecular flexibility index (Phi) is 8.73. The molecule has 9 heteroatoms. The molecule has 3 N–H and O–H groups in total. The van der Waals surface area contributed by atoms with Crippen LogP contribution in [0.3, 0.4) is 0 Å². The van der Waals surface area contributed by atoms with Crippen molar-refractivity contribution in [3.8, 4) is 11.1 Å². The standard InChI is InChI=1S/C30H32N4O4S/c1-19-27(17-39-30-32-18-33-34-30)37-29(38-28(19)23-9-7-21(16-35)8-10-23)24-13-11-22(12-14-24)26-6-4-3-5-25(26)15-31-20(2)36/h3-14,18-19,27-29,35H,15-17H2,1-2H3,(H,31,36)(H,32,33,34)/t19-,27+,28+,29+/m0/s1. The van der Waals surface area contributed by atoms with E-state index >= 15 is 0 Å². The van der Waals surface area contributed by atoms with Crippen LogP contribution in [0, 0.1) is 5.92 Å². The van der Waals surface area contributed by atoms with E-state index in [-0.39, 0.29) is 30.6 Å². The minimum Gasteiger partial charge on any atom is -0.392 e. The van der Waals surface area contributed by atoms with Gasteiger partial charge >= 0.3 is 0 Å². The van der Waals surface area contributed by atoms with Gasteiger partial charge in [0.05, 0.1) is 18.8 Å². The van der Waals surface area contributed by atoms with Gasteiger partial charge in [0.2, 0.25) is 5.91 Å². The topological polar surface area (TPSA) is 109 Å². The summed E-state index contributed by atoms with van der Waals surface area (Å²) in [5, 5.41) is 20.0. The van der Waals surface area contributed by atoms with Crippen molar-refractivity contribution in [1.82, 2.24) is 20.5 Å². The average Bonchev–Trinajstić information content (AvgIpc) is 3.50. The van der Waals surface area contributed by atoms with Gasteiger partial charge in [0, 0.05) is 30.7 Å². The molecule has 202 valence electrons. The summed E-state index contributed by atoms with van der Waals surface area (Å²) in [6.07, 6.45) is 0.669. The smallest absolute Gasteiger partial charge is 0.217 e. The van der Waals surface area contributed by atoms with Gasteiger partial charge < -0.3 is 19.9 Å². The van der Waals surface area contributed by atoms with Crippen LogP contribution in [0.15, 0.2) is 84.3 Å². The van der Waals surface area contributed by atoms with Crippen molar-refractivity contribution in [2.45, 2.75) is 50.7 Å². The van der Waals surface area contributed by atoms with E-state index in [1.54, 1.807) is 11.8 Å². The van der Waals surface area contributed by atoms with Gasteiger partial charge in [-0.05, 0) is 27.8 Å². The fourth-order valence-electron chi connectivity index (χ4n) is 4.73. The molecule has 0 spiro atoms. The van der Waals surface area contributed by atoms with Crippen molar-refractivity contribution in [2.75, 3.05) is 5.75 Å². The number of nitrogens with zero attached hydrogens (tertiary/aromatic N) is 2. The third-order valence-corrected chi connectivity index (χ3v) is 7.90. The highest BCUT2D eigenvalue weighted by atomic mass is 32.2. The first-order chi connectivity index (χ1) is 19.0. The van der Waals surface area contributed by atoms with Gasteiger partial charge in [0.1, 0.15) is 6.33 Å². The number of aromatic nitrogens is 3. The van der Waals surface area contributed by atoms with E-state index in [0.29, 0.717) is 12.3 Å². The Balaban J connectivity index is 1.39. The number of carbonyl (C=O) groups is 1. The number of aliphatic hydroxyl groups is 1. The van der Waals surface area contributed by atoms with Crippen molar-refractivity contribution >= 4 is 17.7 Å². The highest BCUT2D eigenvalue weighted by Crippen LogP contribution is 2.43. The van der Waals surface area contributed by atoms with E-state index in [4.69, 9.17) is 9.47 Å².